The molecule has 4 aliphatic rings. The predicted octanol–water partition coefficient (Wildman–Crippen LogP) is 4.05. The lowest BCUT2D eigenvalue weighted by Gasteiger charge is -2.48. The summed E-state index contributed by atoms with van der Waals surface area (Å²) in [5, 5.41) is 0. The summed E-state index contributed by atoms with van der Waals surface area (Å²) >= 11 is 0. The fourth-order valence-corrected chi connectivity index (χ4v) is 5.83. The molecule has 11 atom stereocenters. The highest BCUT2D eigenvalue weighted by Gasteiger charge is 2.58. The molecule has 0 bridgehead atoms. The van der Waals surface area contributed by atoms with Crippen LogP contribution in [0.1, 0.15) is 38.2 Å². The van der Waals surface area contributed by atoms with Crippen molar-refractivity contribution < 1.29 is 47.0 Å². The van der Waals surface area contributed by atoms with Gasteiger partial charge in [-0.1, -0.05) is 60.7 Å². The Hall–Kier alpha value is -1.99. The minimum Gasteiger partial charge on any atom is -0.367 e. The van der Waals surface area contributed by atoms with Crippen LogP contribution < -0.4 is 0 Å². The maximum Gasteiger partial charge on any atom is 0.192 e. The van der Waals surface area contributed by atoms with Crippen molar-refractivity contribution in [2.75, 3.05) is 13.7 Å². The van der Waals surface area contributed by atoms with Crippen molar-refractivity contribution in [3.05, 3.63) is 71.8 Å². The molecular weight excluding hydrogens is 523 g/mol. The molecule has 218 valence electrons. The second-order valence-corrected chi connectivity index (χ2v) is 11.0. The zero-order valence-electron chi connectivity index (χ0n) is 23.1. The lowest BCUT2D eigenvalue weighted by atomic mass is 9.96. The van der Waals surface area contributed by atoms with Gasteiger partial charge in [0.2, 0.25) is 0 Å². The monoisotopic (exact) mass is 560 g/mol. The van der Waals surface area contributed by atoms with Gasteiger partial charge in [-0.15, -0.1) is 0 Å². The maximum absolute atomic E-state index is 16.4. The van der Waals surface area contributed by atoms with Crippen LogP contribution >= 0.6 is 0 Å². The fourth-order valence-electron chi connectivity index (χ4n) is 5.83. The number of ether oxygens (including phenoxy) is 9. The van der Waals surface area contributed by atoms with E-state index in [4.69, 9.17) is 42.6 Å². The number of rotatable bonds is 7. The van der Waals surface area contributed by atoms with Gasteiger partial charge >= 0.3 is 0 Å². The number of benzene rings is 2. The lowest BCUT2D eigenvalue weighted by molar-refractivity contribution is -0.376. The molecule has 0 spiro atoms. The van der Waals surface area contributed by atoms with Crippen molar-refractivity contribution in [3.8, 4) is 0 Å². The van der Waals surface area contributed by atoms with E-state index in [1.54, 1.807) is 7.11 Å². The lowest BCUT2D eigenvalue weighted by Crippen LogP contribution is -2.64. The molecule has 9 nitrogen and oxygen atoms in total. The van der Waals surface area contributed by atoms with Crippen molar-refractivity contribution in [2.24, 2.45) is 0 Å². The quantitative estimate of drug-likeness (QED) is 0.498. The van der Waals surface area contributed by atoms with Crippen molar-refractivity contribution in [1.29, 1.82) is 0 Å². The third-order valence-corrected chi connectivity index (χ3v) is 7.71. The molecule has 4 saturated heterocycles. The summed E-state index contributed by atoms with van der Waals surface area (Å²) < 4.78 is 71.1. The highest BCUT2D eigenvalue weighted by molar-refractivity contribution is 5.17. The molecule has 4 aliphatic heterocycles. The van der Waals surface area contributed by atoms with Gasteiger partial charge in [-0.25, -0.2) is 4.39 Å². The minimum absolute atomic E-state index is 0.184. The van der Waals surface area contributed by atoms with Crippen LogP contribution in [-0.4, -0.2) is 81.0 Å². The molecule has 10 heteroatoms. The molecule has 0 amide bonds. The summed E-state index contributed by atoms with van der Waals surface area (Å²) in [7, 11) is 1.55. The third kappa shape index (κ3) is 5.70. The standard InChI is InChI=1S/C30H37FO9/c1-17-22(25-26(29(32-4)35-17)40-30(2,3)39-25)37-28-21(31)24(33-15-18-11-7-5-8-12-18)23-20(36-28)16-34-27(38-23)19-13-9-6-10-14-19/h5-14,17,20-29H,15-16H2,1-4H3/t17-,20+,21+,22-,23+,24+,25+,26+,27+,28+,29+/m0/s1. The van der Waals surface area contributed by atoms with Crippen molar-refractivity contribution in [1.82, 2.24) is 0 Å². The molecule has 4 fully saturated rings. The summed E-state index contributed by atoms with van der Waals surface area (Å²) in [6.45, 7) is 5.85. The first-order chi connectivity index (χ1) is 19.3. The average molecular weight is 561 g/mol. The number of fused-ring (bicyclic) bond motifs is 2. The zero-order valence-corrected chi connectivity index (χ0v) is 23.1. The normalized spacial score (nSPS) is 40.8. The highest BCUT2D eigenvalue weighted by atomic mass is 19.1. The van der Waals surface area contributed by atoms with Crippen LogP contribution in [0.3, 0.4) is 0 Å². The number of hydrogen-bond donors (Lipinski definition) is 0. The first-order valence-corrected chi connectivity index (χ1v) is 13.8. The molecular formula is C30H37FO9. The van der Waals surface area contributed by atoms with Gasteiger partial charge in [0.1, 0.15) is 36.6 Å². The largest absolute Gasteiger partial charge is 0.367 e. The topological polar surface area (TPSA) is 83.1 Å². The van der Waals surface area contributed by atoms with Crippen LogP contribution in [0.4, 0.5) is 4.39 Å². The highest BCUT2D eigenvalue weighted by Crippen LogP contribution is 2.42. The van der Waals surface area contributed by atoms with Crippen LogP contribution in [0.15, 0.2) is 60.7 Å². The number of methoxy groups -OCH3 is 1. The molecule has 6 rings (SSSR count). The van der Waals surface area contributed by atoms with E-state index in [0.29, 0.717) is 0 Å². The van der Waals surface area contributed by atoms with Crippen molar-refractivity contribution in [2.45, 2.75) is 101 Å². The number of hydrogen-bond acceptors (Lipinski definition) is 9. The minimum atomic E-state index is -1.67. The van der Waals surface area contributed by atoms with E-state index in [1.807, 2.05) is 81.4 Å². The Morgan fingerprint density at radius 3 is 2.27 bits per heavy atom. The molecule has 0 aliphatic carbocycles. The molecule has 4 heterocycles. The molecule has 0 radical (unpaired) electrons. The van der Waals surface area contributed by atoms with Crippen molar-refractivity contribution >= 4 is 0 Å². The van der Waals surface area contributed by atoms with E-state index < -0.39 is 73.6 Å². The molecule has 0 N–H and O–H groups in total. The zero-order chi connectivity index (χ0) is 27.9. The van der Waals surface area contributed by atoms with Gasteiger partial charge in [0.15, 0.2) is 30.8 Å². The van der Waals surface area contributed by atoms with E-state index in [0.717, 1.165) is 11.1 Å². The van der Waals surface area contributed by atoms with E-state index in [9.17, 15) is 0 Å². The molecule has 0 unspecified atom stereocenters. The molecule has 0 saturated carbocycles. The Kier molecular flexibility index (Phi) is 8.24. The summed E-state index contributed by atoms with van der Waals surface area (Å²) in [4.78, 5) is 0. The van der Waals surface area contributed by atoms with Gasteiger partial charge in [0, 0.05) is 12.7 Å². The summed E-state index contributed by atoms with van der Waals surface area (Å²) in [6, 6.07) is 19.2. The fraction of sp³-hybridized carbons (Fsp3) is 0.600. The summed E-state index contributed by atoms with van der Waals surface area (Å²) in [6.07, 6.45) is -8.82. The van der Waals surface area contributed by atoms with Crippen LogP contribution in [-0.2, 0) is 49.2 Å². The predicted molar refractivity (Wildman–Crippen MR) is 139 cm³/mol. The van der Waals surface area contributed by atoms with Gasteiger partial charge in [0.05, 0.1) is 19.3 Å². The molecule has 40 heavy (non-hydrogen) atoms. The van der Waals surface area contributed by atoms with Gasteiger partial charge in [0.25, 0.3) is 0 Å². The first-order valence-electron chi connectivity index (χ1n) is 13.8. The van der Waals surface area contributed by atoms with E-state index in [1.165, 1.54) is 0 Å². The van der Waals surface area contributed by atoms with Crippen LogP contribution in [0.25, 0.3) is 0 Å². The Morgan fingerprint density at radius 2 is 1.55 bits per heavy atom. The van der Waals surface area contributed by atoms with Crippen molar-refractivity contribution in [3.63, 3.8) is 0 Å². The smallest absolute Gasteiger partial charge is 0.192 e. The van der Waals surface area contributed by atoms with Gasteiger partial charge < -0.3 is 42.6 Å². The van der Waals surface area contributed by atoms with Gasteiger partial charge in [-0.2, -0.15) is 0 Å². The van der Waals surface area contributed by atoms with Gasteiger partial charge in [-0.3, -0.25) is 0 Å². The SMILES string of the molecule is CO[C@@H]1O[C@@H](C)[C@H](O[C@H]2O[C@@H]3CO[C@@H](c4ccccc4)O[C@H]3[C@H](OCc3ccccc3)[C@H]2F)[C@H]2OC(C)(C)O[C@@H]12. The van der Waals surface area contributed by atoms with Crippen LogP contribution in [0.5, 0.6) is 0 Å². The number of alkyl halides is 1. The second kappa shape index (κ2) is 11.7. The summed E-state index contributed by atoms with van der Waals surface area (Å²) in [5.41, 5.74) is 1.76. The Bertz CT molecular complexity index is 1100. The van der Waals surface area contributed by atoms with Crippen LogP contribution in [0, 0.1) is 0 Å². The average Bonchev–Trinajstić information content (AvgIpc) is 3.30. The van der Waals surface area contributed by atoms with Gasteiger partial charge in [-0.05, 0) is 26.3 Å². The third-order valence-electron chi connectivity index (χ3n) is 7.71. The maximum atomic E-state index is 16.4. The Morgan fingerprint density at radius 1 is 0.850 bits per heavy atom. The van der Waals surface area contributed by atoms with Crippen LogP contribution in [0.2, 0.25) is 0 Å². The second-order valence-electron chi connectivity index (χ2n) is 11.0. The first kappa shape index (κ1) is 28.1. The molecule has 0 aromatic heterocycles. The van der Waals surface area contributed by atoms with E-state index in [-0.39, 0.29) is 13.2 Å². The number of halogens is 1. The van der Waals surface area contributed by atoms with E-state index in [2.05, 4.69) is 0 Å². The molecule has 2 aromatic carbocycles. The summed E-state index contributed by atoms with van der Waals surface area (Å²) in [5.74, 6) is -0.881. The molecule has 2 aromatic rings. The Labute approximate surface area is 233 Å². The van der Waals surface area contributed by atoms with E-state index >= 15 is 4.39 Å². The Balaban J connectivity index is 1.22.